The lowest BCUT2D eigenvalue weighted by Crippen LogP contribution is -2.62. The number of benzene rings is 1. The summed E-state index contributed by atoms with van der Waals surface area (Å²) < 4.78 is 27.2. The molecule has 2 heterocycles. The molecule has 3 rings (SSSR count). The molecule has 0 spiro atoms. The third kappa shape index (κ3) is 44.3. The van der Waals surface area contributed by atoms with E-state index < -0.39 is 23.9 Å². The van der Waals surface area contributed by atoms with Crippen molar-refractivity contribution in [2.24, 2.45) is 17.8 Å². The van der Waals surface area contributed by atoms with Crippen molar-refractivity contribution < 1.29 is 62.1 Å². The quantitative estimate of drug-likeness (QED) is 0.0261. The van der Waals surface area contributed by atoms with Crippen LogP contribution in [0.1, 0.15) is 420 Å². The van der Waals surface area contributed by atoms with Crippen molar-refractivity contribution in [1.29, 1.82) is 0 Å². The van der Waals surface area contributed by atoms with Crippen LogP contribution in [0, 0.1) is 17.8 Å². The summed E-state index contributed by atoms with van der Waals surface area (Å²) in [7, 11) is 0. The first-order valence-electron chi connectivity index (χ1n) is 42.2. The molecule has 1 aromatic carbocycles. The Kier molecular flexibility index (Phi) is 54.8. The molecule has 0 aliphatic carbocycles. The van der Waals surface area contributed by atoms with Gasteiger partial charge >= 0.3 is 29.8 Å². The highest BCUT2D eigenvalue weighted by atomic mass is 16.7. The fourth-order valence-corrected chi connectivity index (χ4v) is 14.8. The normalized spacial score (nSPS) is 16.4. The Morgan fingerprint density at radius 2 is 0.686 bits per heavy atom. The van der Waals surface area contributed by atoms with E-state index in [-0.39, 0.29) is 46.6 Å². The molecule has 0 aromatic heterocycles. The summed E-state index contributed by atoms with van der Waals surface area (Å²) in [4.78, 5) is 86.9. The van der Waals surface area contributed by atoms with Gasteiger partial charge < -0.3 is 23.7 Å². The SMILES string of the molecule is CCCCC(CC)COC(=O)c1ccccc1C(=O)OCC(CC)CCCC.CCCCCCCCOC(=O)CC(=O)OCCCCCCCC.CCCCCCCCON1C(C)(C)CC(OC(=O)CCCCCCCCC(=O)C2CC(C)(C)N(OCCCCCCCC)C(C)(C)C2)CC1(C)C. The molecular formula is C87H158N2O13. The Balaban J connectivity index is 0.000000855. The summed E-state index contributed by atoms with van der Waals surface area (Å²) in [5, 5.41) is 4.39. The Hall–Kier alpha value is -3.92. The van der Waals surface area contributed by atoms with Crippen molar-refractivity contribution in [3.8, 4) is 0 Å². The maximum Gasteiger partial charge on any atom is 0.339 e. The first kappa shape index (κ1) is 96.1. The number of ketones is 1. The summed E-state index contributed by atoms with van der Waals surface area (Å²) >= 11 is 0. The fraction of sp³-hybridized carbons (Fsp3) is 0.862. The van der Waals surface area contributed by atoms with Gasteiger partial charge in [-0.15, -0.1) is 0 Å². The number of Topliss-reactive ketones (excluding diaryl/α,β-unsaturated/α-hetero) is 1. The van der Waals surface area contributed by atoms with Crippen molar-refractivity contribution in [2.75, 3.05) is 39.6 Å². The summed E-state index contributed by atoms with van der Waals surface area (Å²) in [5.41, 5.74) is -0.116. The van der Waals surface area contributed by atoms with Gasteiger partial charge in [-0.3, -0.25) is 28.9 Å². The minimum absolute atomic E-state index is 0.0663. The van der Waals surface area contributed by atoms with Gasteiger partial charge in [0.2, 0.25) is 0 Å². The van der Waals surface area contributed by atoms with Crippen LogP contribution in [0.25, 0.3) is 0 Å². The maximum atomic E-state index is 13.3. The highest BCUT2D eigenvalue weighted by Gasteiger charge is 2.49. The molecule has 0 radical (unpaired) electrons. The summed E-state index contributed by atoms with van der Waals surface area (Å²) in [6.45, 7) is 38.4. The van der Waals surface area contributed by atoms with Crippen LogP contribution in [-0.4, -0.2) is 114 Å². The van der Waals surface area contributed by atoms with E-state index in [9.17, 15) is 28.8 Å². The van der Waals surface area contributed by atoms with Gasteiger partial charge in [-0.1, -0.05) is 260 Å². The van der Waals surface area contributed by atoms with Gasteiger partial charge in [-0.2, -0.15) is 10.1 Å². The average Bonchev–Trinajstić information content (AvgIpc) is 0.778. The predicted octanol–water partition coefficient (Wildman–Crippen LogP) is 23.7. The van der Waals surface area contributed by atoms with Gasteiger partial charge in [0.25, 0.3) is 0 Å². The lowest BCUT2D eigenvalue weighted by atomic mass is 9.73. The number of nitrogens with zero attached hydrogens (tertiary/aromatic N) is 2. The molecule has 0 saturated carbocycles. The number of hydrogen-bond acceptors (Lipinski definition) is 15. The van der Waals surface area contributed by atoms with Crippen LogP contribution in [0.15, 0.2) is 24.3 Å². The lowest BCUT2D eigenvalue weighted by Gasteiger charge is -2.53. The largest absolute Gasteiger partial charge is 0.465 e. The van der Waals surface area contributed by atoms with Crippen molar-refractivity contribution >= 4 is 35.6 Å². The smallest absolute Gasteiger partial charge is 0.339 e. The zero-order chi connectivity index (χ0) is 75.9. The maximum absolute atomic E-state index is 13.3. The molecule has 0 bridgehead atoms. The zero-order valence-electron chi connectivity index (χ0n) is 68.9. The molecule has 2 aliphatic rings. The topological polar surface area (TPSA) is 174 Å². The van der Waals surface area contributed by atoms with Crippen LogP contribution in [0.3, 0.4) is 0 Å². The molecule has 2 aliphatic heterocycles. The second-order valence-corrected chi connectivity index (χ2v) is 32.5. The molecule has 594 valence electrons. The number of piperidine rings is 2. The second-order valence-electron chi connectivity index (χ2n) is 32.5. The number of carbonyl (C=O) groups excluding carboxylic acids is 6. The number of esters is 5. The van der Waals surface area contributed by atoms with Gasteiger partial charge in [0, 0.05) is 53.8 Å². The van der Waals surface area contributed by atoms with Crippen LogP contribution in [0.5, 0.6) is 0 Å². The van der Waals surface area contributed by atoms with Gasteiger partial charge in [-0.25, -0.2) is 9.59 Å². The Bertz CT molecular complexity index is 2200. The van der Waals surface area contributed by atoms with Gasteiger partial charge in [-0.05, 0) is 144 Å². The molecule has 2 saturated heterocycles. The van der Waals surface area contributed by atoms with Crippen molar-refractivity contribution in [1.82, 2.24) is 10.1 Å². The number of unbranched alkanes of at least 4 members (excludes halogenated alkanes) is 27. The molecule has 1 aromatic rings. The van der Waals surface area contributed by atoms with E-state index in [0.717, 1.165) is 167 Å². The molecule has 0 amide bonds. The van der Waals surface area contributed by atoms with E-state index in [1.165, 1.54) is 116 Å². The molecule has 0 N–H and O–H groups in total. The van der Waals surface area contributed by atoms with Gasteiger partial charge in [0.1, 0.15) is 18.3 Å². The number of hydroxylamine groups is 4. The molecule has 2 atom stereocenters. The highest BCUT2D eigenvalue weighted by molar-refractivity contribution is 6.03. The summed E-state index contributed by atoms with van der Waals surface area (Å²) in [5.74, 6) is -0.617. The number of ether oxygens (including phenoxy) is 5. The van der Waals surface area contributed by atoms with Crippen LogP contribution in [0.4, 0.5) is 0 Å². The molecular weight excluding hydrogens is 1280 g/mol. The number of hydrogen-bond donors (Lipinski definition) is 0. The average molecular weight is 1440 g/mol. The van der Waals surface area contributed by atoms with Crippen LogP contribution in [-0.2, 0) is 52.5 Å². The van der Waals surface area contributed by atoms with Crippen LogP contribution < -0.4 is 0 Å². The van der Waals surface area contributed by atoms with Gasteiger partial charge in [0.15, 0.2) is 0 Å². The van der Waals surface area contributed by atoms with Crippen molar-refractivity contribution in [3.63, 3.8) is 0 Å². The number of rotatable bonds is 57. The third-order valence-electron chi connectivity index (χ3n) is 20.6. The molecule has 102 heavy (non-hydrogen) atoms. The Labute approximate surface area is 625 Å². The second kappa shape index (κ2) is 58.2. The molecule has 15 nitrogen and oxygen atoms in total. The fourth-order valence-electron chi connectivity index (χ4n) is 14.8. The minimum Gasteiger partial charge on any atom is -0.465 e. The van der Waals surface area contributed by atoms with E-state index in [2.05, 4.69) is 121 Å². The Morgan fingerprint density at radius 3 is 1.04 bits per heavy atom. The monoisotopic (exact) mass is 1440 g/mol. The highest BCUT2D eigenvalue weighted by Crippen LogP contribution is 2.43. The first-order chi connectivity index (χ1) is 48.8. The predicted molar refractivity (Wildman–Crippen MR) is 419 cm³/mol. The lowest BCUT2D eigenvalue weighted by molar-refractivity contribution is -0.293. The van der Waals surface area contributed by atoms with E-state index in [4.69, 9.17) is 33.4 Å². The minimum atomic E-state index is -0.466. The van der Waals surface area contributed by atoms with E-state index >= 15 is 0 Å². The van der Waals surface area contributed by atoms with Crippen molar-refractivity contribution in [2.45, 2.75) is 428 Å². The summed E-state index contributed by atoms with van der Waals surface area (Å²) in [6, 6.07) is 6.77. The molecule has 2 fully saturated rings. The van der Waals surface area contributed by atoms with Crippen LogP contribution >= 0.6 is 0 Å². The standard InChI is InChI=1S/C44H84N2O5.C24H38O4.C19H36O4/c1-11-13-15-17-23-27-31-49-45-41(3,4)33-37(34-42(45,5)6)39(47)29-25-21-19-20-22-26-30-40(48)51-38-35-43(7,8)46(44(9,10)36-38)50-32-28-24-18-16-14-12-2;1-5-9-13-19(7-3)17-27-23(25)21-15-11-12-16-22(21)24(26)28-18-20(8-4)14-10-6-2;1-3-5-7-9-11-13-15-22-18(20)17-19(21)23-16-14-12-10-8-6-4-2/h37-38H,11-36H2,1-10H3;11-12,15-16,19-20H,5-10,13-14,17-18H2,1-4H3;3-17H2,1-2H3. The molecule has 15 heteroatoms. The van der Waals surface area contributed by atoms with E-state index in [1.54, 1.807) is 24.3 Å². The van der Waals surface area contributed by atoms with E-state index in [0.29, 0.717) is 68.0 Å². The summed E-state index contributed by atoms with van der Waals surface area (Å²) in [6.07, 6.45) is 47.8. The zero-order valence-corrected chi connectivity index (χ0v) is 68.9. The van der Waals surface area contributed by atoms with Crippen LogP contribution in [0.2, 0.25) is 0 Å². The Morgan fingerprint density at radius 1 is 0.373 bits per heavy atom. The van der Waals surface area contributed by atoms with Gasteiger partial charge in [0.05, 0.1) is 50.8 Å². The van der Waals surface area contributed by atoms with Crippen molar-refractivity contribution in [3.05, 3.63) is 35.4 Å². The molecule has 2 unspecified atom stereocenters. The van der Waals surface area contributed by atoms with E-state index in [1.807, 2.05) is 0 Å². The number of carbonyl (C=O) groups is 6. The third-order valence-corrected chi connectivity index (χ3v) is 20.6. The first-order valence-corrected chi connectivity index (χ1v) is 42.2.